The quantitative estimate of drug-likeness (QED) is 0.357. The van der Waals surface area contributed by atoms with Gasteiger partial charge in [0.1, 0.15) is 19.4 Å². The van der Waals surface area contributed by atoms with E-state index in [1.807, 2.05) is 26.0 Å². The lowest BCUT2D eigenvalue weighted by atomic mass is 9.95. The number of nitrogens with one attached hydrogen (secondary N) is 1. The monoisotopic (exact) mass is 544 g/mol. The predicted octanol–water partition coefficient (Wildman–Crippen LogP) is 2.46. The van der Waals surface area contributed by atoms with Crippen molar-refractivity contribution in [1.82, 2.24) is 23.9 Å². The molecule has 14 heteroatoms. The van der Waals surface area contributed by atoms with Gasteiger partial charge in [0.25, 0.3) is 0 Å². The van der Waals surface area contributed by atoms with Gasteiger partial charge in [-0.3, -0.25) is 4.98 Å². The summed E-state index contributed by atoms with van der Waals surface area (Å²) in [6.45, 7) is 0.904. The van der Waals surface area contributed by atoms with Crippen molar-refractivity contribution < 1.29 is 26.3 Å². The largest absolute Gasteiger partial charge is 0.573 e. The number of fused-ring (bicyclic) bond motifs is 1. The second-order valence-electron chi connectivity index (χ2n) is 9.07. The number of alkyl halides is 3. The van der Waals surface area contributed by atoms with Crippen molar-refractivity contribution >= 4 is 34.8 Å². The van der Waals surface area contributed by atoms with Crippen LogP contribution in [0.5, 0.6) is 5.75 Å². The molecule has 1 aliphatic heterocycles. The highest BCUT2D eigenvalue weighted by molar-refractivity contribution is 7.89. The topological polar surface area (TPSA) is 102 Å². The normalized spacial score (nSPS) is 17.0. The molecule has 5 rings (SSSR count). The van der Waals surface area contributed by atoms with Crippen LogP contribution in [0.2, 0.25) is 0 Å². The lowest BCUT2D eigenvalue weighted by Gasteiger charge is -2.32. The Kier molecular flexibility index (Phi) is 7.01. The van der Waals surface area contributed by atoms with Gasteiger partial charge < -0.3 is 10.1 Å². The van der Waals surface area contributed by atoms with Crippen LogP contribution in [0.25, 0.3) is 5.65 Å². The van der Waals surface area contributed by atoms with Gasteiger partial charge in [-0.25, -0.2) is 13.4 Å². The number of piperidine rings is 1. The minimum absolute atomic E-state index is 0.144. The average molecular weight is 544 g/mol. The van der Waals surface area contributed by atoms with Gasteiger partial charge in [-0.1, -0.05) is 12.1 Å². The predicted molar refractivity (Wildman–Crippen MR) is 137 cm³/mol. The van der Waals surface area contributed by atoms with E-state index in [9.17, 15) is 21.6 Å². The molecular weight excluding hydrogens is 520 g/mol. The number of sulfonamides is 1. The molecule has 1 N–H and O–H groups in total. The van der Waals surface area contributed by atoms with Crippen molar-refractivity contribution in [3.8, 4) is 5.75 Å². The van der Waals surface area contributed by atoms with Crippen molar-refractivity contribution in [2.24, 2.45) is 0 Å². The summed E-state index contributed by atoms with van der Waals surface area (Å²) >= 11 is 0. The number of hydrogen-bond donors (Lipinski definition) is 1. The second-order valence-corrected chi connectivity index (χ2v) is 11.0. The molecule has 0 radical (unpaired) electrons. The van der Waals surface area contributed by atoms with Gasteiger partial charge in [0, 0.05) is 56.3 Å². The zero-order chi connectivity index (χ0) is 26.9. The van der Waals surface area contributed by atoms with Crippen LogP contribution in [-0.4, -0.2) is 59.6 Å². The van der Waals surface area contributed by atoms with Gasteiger partial charge in [0.15, 0.2) is 5.65 Å². The van der Waals surface area contributed by atoms with Gasteiger partial charge >= 0.3 is 6.36 Å². The van der Waals surface area contributed by atoms with Gasteiger partial charge in [0.2, 0.25) is 10.0 Å². The van der Waals surface area contributed by atoms with Crippen molar-refractivity contribution in [2.75, 3.05) is 18.4 Å². The molecule has 0 spiro atoms. The summed E-state index contributed by atoms with van der Waals surface area (Å²) in [5, 5.41) is 7.79. The SMILES string of the molecule is Bc1cnn2c(NCc3cccnc3)cc(C3CCCN(S(=O)(=O)c4cccc(OC(F)(F)F)c4)C3)nc12. The van der Waals surface area contributed by atoms with Crippen LogP contribution >= 0.6 is 0 Å². The molecule has 0 bridgehead atoms. The van der Waals surface area contributed by atoms with E-state index < -0.39 is 22.1 Å². The highest BCUT2D eigenvalue weighted by Crippen LogP contribution is 2.32. The number of rotatable bonds is 7. The molecule has 198 valence electrons. The number of pyridine rings is 1. The van der Waals surface area contributed by atoms with Crippen molar-refractivity contribution in [3.05, 3.63) is 72.3 Å². The van der Waals surface area contributed by atoms with E-state index in [2.05, 4.69) is 20.1 Å². The van der Waals surface area contributed by atoms with Crippen molar-refractivity contribution in [3.63, 3.8) is 0 Å². The Morgan fingerprint density at radius 2 is 2.00 bits per heavy atom. The molecule has 3 aromatic heterocycles. The third-order valence-corrected chi connectivity index (χ3v) is 8.20. The van der Waals surface area contributed by atoms with Crippen LogP contribution in [0.1, 0.15) is 30.0 Å². The van der Waals surface area contributed by atoms with Crippen LogP contribution in [0.3, 0.4) is 0 Å². The molecule has 0 saturated carbocycles. The molecule has 4 heterocycles. The summed E-state index contributed by atoms with van der Waals surface area (Å²) in [5.74, 6) is -0.0925. The minimum Gasteiger partial charge on any atom is -0.406 e. The molecule has 1 atom stereocenters. The molecule has 4 aromatic rings. The van der Waals surface area contributed by atoms with Crippen LogP contribution < -0.4 is 15.5 Å². The lowest BCUT2D eigenvalue weighted by Crippen LogP contribution is -2.39. The van der Waals surface area contributed by atoms with E-state index in [0.717, 1.165) is 23.2 Å². The molecule has 9 nitrogen and oxygen atoms in total. The zero-order valence-corrected chi connectivity index (χ0v) is 21.2. The van der Waals surface area contributed by atoms with Crippen LogP contribution in [0.4, 0.5) is 19.0 Å². The first-order valence-electron chi connectivity index (χ1n) is 11.9. The summed E-state index contributed by atoms with van der Waals surface area (Å²) in [6, 6.07) is 10.1. The Labute approximate surface area is 218 Å². The summed E-state index contributed by atoms with van der Waals surface area (Å²) < 4.78 is 71.6. The number of anilines is 1. The maximum absolute atomic E-state index is 13.4. The fourth-order valence-electron chi connectivity index (χ4n) is 4.50. The highest BCUT2D eigenvalue weighted by Gasteiger charge is 2.34. The summed E-state index contributed by atoms with van der Waals surface area (Å²) in [5.41, 5.74) is 3.23. The first kappa shape index (κ1) is 26.0. The van der Waals surface area contributed by atoms with Crippen molar-refractivity contribution in [1.29, 1.82) is 0 Å². The molecule has 0 amide bonds. The Bertz CT molecular complexity index is 1550. The van der Waals surface area contributed by atoms with Crippen LogP contribution in [0, 0.1) is 0 Å². The van der Waals surface area contributed by atoms with E-state index >= 15 is 0 Å². The van der Waals surface area contributed by atoms with Gasteiger partial charge in [-0.15, -0.1) is 13.2 Å². The Hall–Kier alpha value is -3.65. The Morgan fingerprint density at radius 3 is 2.76 bits per heavy atom. The van der Waals surface area contributed by atoms with Crippen LogP contribution in [-0.2, 0) is 16.6 Å². The third kappa shape index (κ3) is 5.60. The van der Waals surface area contributed by atoms with E-state index in [4.69, 9.17) is 4.98 Å². The summed E-state index contributed by atoms with van der Waals surface area (Å²) in [6.07, 6.45) is 1.55. The highest BCUT2D eigenvalue weighted by atomic mass is 32.2. The second kappa shape index (κ2) is 10.3. The number of nitrogens with zero attached hydrogens (tertiary/aromatic N) is 5. The first-order valence-corrected chi connectivity index (χ1v) is 13.4. The third-order valence-electron chi connectivity index (χ3n) is 6.34. The molecule has 38 heavy (non-hydrogen) atoms. The fraction of sp³-hybridized carbons (Fsp3) is 0.292. The molecule has 1 saturated heterocycles. The molecular formula is C24H24BF3N6O3S. The van der Waals surface area contributed by atoms with Crippen LogP contribution in [0.15, 0.2) is 66.0 Å². The summed E-state index contributed by atoms with van der Waals surface area (Å²) in [7, 11) is -2.16. The molecule has 1 aromatic carbocycles. The van der Waals surface area contributed by atoms with Crippen molar-refractivity contribution in [2.45, 2.75) is 36.6 Å². The summed E-state index contributed by atoms with van der Waals surface area (Å²) in [4.78, 5) is 8.68. The minimum atomic E-state index is -4.92. The fourth-order valence-corrected chi connectivity index (χ4v) is 6.06. The smallest absolute Gasteiger partial charge is 0.406 e. The number of halogens is 3. The van der Waals surface area contributed by atoms with Gasteiger partial charge in [0.05, 0.1) is 10.6 Å². The maximum atomic E-state index is 13.4. The number of ether oxygens (including phenoxy) is 1. The maximum Gasteiger partial charge on any atom is 0.573 e. The zero-order valence-electron chi connectivity index (χ0n) is 20.4. The standard InChI is InChI=1S/C24H24BF3N6O3S/c25-20-14-31-34-22(30-13-16-4-2-8-29-12-16)11-21(32-23(20)34)17-5-3-9-33(15-17)38(35,36)19-7-1-6-18(10-19)37-24(26,27)28/h1-2,4,6-8,10-12,14,17,30H,3,5,9,13,15,25H2. The average Bonchev–Trinajstić information content (AvgIpc) is 3.28. The number of benzene rings is 1. The van der Waals surface area contributed by atoms with E-state index in [1.165, 1.54) is 16.4 Å². The molecule has 0 aliphatic carbocycles. The van der Waals surface area contributed by atoms with E-state index in [-0.39, 0.29) is 23.9 Å². The first-order chi connectivity index (χ1) is 18.1. The van der Waals surface area contributed by atoms with Gasteiger partial charge in [-0.2, -0.15) is 13.9 Å². The van der Waals surface area contributed by atoms with Gasteiger partial charge in [-0.05, 0) is 42.1 Å². The van der Waals surface area contributed by atoms with E-state index in [1.54, 1.807) is 23.1 Å². The molecule has 1 aliphatic rings. The molecule has 1 unspecified atom stereocenters. The number of aromatic nitrogens is 4. The van der Waals surface area contributed by atoms with E-state index in [0.29, 0.717) is 36.5 Å². The lowest BCUT2D eigenvalue weighted by molar-refractivity contribution is -0.274. The Morgan fingerprint density at radius 1 is 1.16 bits per heavy atom. The Balaban J connectivity index is 1.41. The number of hydrogen-bond acceptors (Lipinski definition) is 7. The molecule has 1 fully saturated rings.